The van der Waals surface area contributed by atoms with Crippen LogP contribution in [-0.4, -0.2) is 32.6 Å². The fraction of sp³-hybridized carbons (Fsp3) is 0.286. The summed E-state index contributed by atoms with van der Waals surface area (Å²) >= 11 is 0. The van der Waals surface area contributed by atoms with Gasteiger partial charge in [0.15, 0.2) is 5.69 Å². The number of nitrogens with zero attached hydrogens (tertiary/aromatic N) is 2. The van der Waals surface area contributed by atoms with Crippen molar-refractivity contribution in [2.75, 3.05) is 6.61 Å². The van der Waals surface area contributed by atoms with Gasteiger partial charge in [-0.3, -0.25) is 0 Å². The standard InChI is InChI=1S/C14H15FN2O3/c1-9-4-5-12(11(15)7-9)17-8-10(3-2-6-18)13(16-17)14(19)20/h4-5,7-8,18H,2-3,6H2,1H3,(H,19,20). The van der Waals surface area contributed by atoms with E-state index in [1.54, 1.807) is 19.1 Å². The van der Waals surface area contributed by atoms with E-state index in [9.17, 15) is 9.18 Å². The topological polar surface area (TPSA) is 75.4 Å². The van der Waals surface area contributed by atoms with Gasteiger partial charge < -0.3 is 10.2 Å². The van der Waals surface area contributed by atoms with E-state index < -0.39 is 11.8 Å². The van der Waals surface area contributed by atoms with Crippen LogP contribution in [0.25, 0.3) is 5.69 Å². The van der Waals surface area contributed by atoms with Gasteiger partial charge in [0.1, 0.15) is 11.5 Å². The van der Waals surface area contributed by atoms with E-state index in [0.29, 0.717) is 18.4 Å². The molecule has 0 unspecified atom stereocenters. The Balaban J connectivity index is 2.44. The lowest BCUT2D eigenvalue weighted by molar-refractivity contribution is 0.0688. The van der Waals surface area contributed by atoms with Crippen LogP contribution in [0.2, 0.25) is 0 Å². The molecule has 0 atom stereocenters. The highest BCUT2D eigenvalue weighted by molar-refractivity contribution is 5.87. The van der Waals surface area contributed by atoms with Crippen LogP contribution in [0.15, 0.2) is 24.4 Å². The number of aromatic nitrogens is 2. The average molecular weight is 278 g/mol. The summed E-state index contributed by atoms with van der Waals surface area (Å²) in [6, 6.07) is 4.65. The largest absolute Gasteiger partial charge is 0.476 e. The third-order valence-electron chi connectivity index (χ3n) is 2.95. The summed E-state index contributed by atoms with van der Waals surface area (Å²) in [5.74, 6) is -1.62. The second-order valence-electron chi connectivity index (χ2n) is 4.53. The second-order valence-corrected chi connectivity index (χ2v) is 4.53. The Morgan fingerprint density at radius 3 is 2.80 bits per heavy atom. The van der Waals surface area contributed by atoms with E-state index in [1.165, 1.54) is 16.9 Å². The first-order valence-corrected chi connectivity index (χ1v) is 6.22. The summed E-state index contributed by atoms with van der Waals surface area (Å²) in [5.41, 5.74) is 1.34. The van der Waals surface area contributed by atoms with E-state index in [2.05, 4.69) is 5.10 Å². The van der Waals surface area contributed by atoms with Crippen LogP contribution in [0.5, 0.6) is 0 Å². The minimum atomic E-state index is -1.16. The van der Waals surface area contributed by atoms with Gasteiger partial charge in [-0.05, 0) is 37.5 Å². The quantitative estimate of drug-likeness (QED) is 0.876. The Morgan fingerprint density at radius 2 is 2.20 bits per heavy atom. The number of hydrogen-bond donors (Lipinski definition) is 2. The minimum Gasteiger partial charge on any atom is -0.476 e. The van der Waals surface area contributed by atoms with Crippen LogP contribution in [-0.2, 0) is 6.42 Å². The van der Waals surface area contributed by atoms with Gasteiger partial charge in [-0.15, -0.1) is 0 Å². The summed E-state index contributed by atoms with van der Waals surface area (Å²) in [6.07, 6.45) is 2.31. The number of rotatable bonds is 5. The third kappa shape index (κ3) is 2.85. The molecule has 2 aromatic rings. The fourth-order valence-corrected chi connectivity index (χ4v) is 1.96. The molecular weight excluding hydrogens is 263 g/mol. The average Bonchev–Trinajstić information content (AvgIpc) is 2.80. The van der Waals surface area contributed by atoms with Crippen LogP contribution in [0.4, 0.5) is 4.39 Å². The number of carboxylic acids is 1. The molecule has 2 N–H and O–H groups in total. The van der Waals surface area contributed by atoms with Crippen molar-refractivity contribution in [3.63, 3.8) is 0 Å². The normalized spacial score (nSPS) is 10.8. The predicted molar refractivity (Wildman–Crippen MR) is 70.6 cm³/mol. The van der Waals surface area contributed by atoms with Crippen molar-refractivity contribution in [3.05, 3.63) is 47.0 Å². The molecule has 1 aromatic heterocycles. The van der Waals surface area contributed by atoms with Gasteiger partial charge in [0.2, 0.25) is 0 Å². The van der Waals surface area contributed by atoms with Crippen molar-refractivity contribution in [3.8, 4) is 5.69 Å². The molecule has 0 aliphatic carbocycles. The van der Waals surface area contributed by atoms with Gasteiger partial charge in [-0.25, -0.2) is 13.9 Å². The molecule has 5 nitrogen and oxygen atoms in total. The molecule has 1 heterocycles. The molecule has 6 heteroatoms. The SMILES string of the molecule is Cc1ccc(-n2cc(CCCO)c(C(=O)O)n2)c(F)c1. The van der Waals surface area contributed by atoms with Crippen LogP contribution >= 0.6 is 0 Å². The number of aryl methyl sites for hydroxylation is 2. The Bertz CT molecular complexity index is 637. The van der Waals surface area contributed by atoms with E-state index in [4.69, 9.17) is 10.2 Å². The molecule has 0 saturated heterocycles. The van der Waals surface area contributed by atoms with Crippen molar-refractivity contribution < 1.29 is 19.4 Å². The molecule has 0 aliphatic heterocycles. The lowest BCUT2D eigenvalue weighted by atomic mass is 10.1. The van der Waals surface area contributed by atoms with Crippen LogP contribution in [0.3, 0.4) is 0 Å². The van der Waals surface area contributed by atoms with Crippen molar-refractivity contribution in [2.24, 2.45) is 0 Å². The molecule has 0 saturated carbocycles. The number of aliphatic hydroxyl groups is 1. The molecule has 0 bridgehead atoms. The van der Waals surface area contributed by atoms with Gasteiger partial charge in [0.05, 0.1) is 0 Å². The number of aliphatic hydroxyl groups excluding tert-OH is 1. The highest BCUT2D eigenvalue weighted by atomic mass is 19.1. The number of benzene rings is 1. The maximum absolute atomic E-state index is 13.9. The van der Waals surface area contributed by atoms with E-state index in [1.807, 2.05) is 0 Å². The monoisotopic (exact) mass is 278 g/mol. The maximum Gasteiger partial charge on any atom is 0.356 e. The maximum atomic E-state index is 13.9. The Kier molecular flexibility index (Phi) is 4.14. The van der Waals surface area contributed by atoms with Gasteiger partial charge >= 0.3 is 5.97 Å². The van der Waals surface area contributed by atoms with Crippen molar-refractivity contribution in [2.45, 2.75) is 19.8 Å². The molecule has 0 aliphatic rings. The summed E-state index contributed by atoms with van der Waals surface area (Å²) in [6.45, 7) is 1.73. The molecule has 0 spiro atoms. The van der Waals surface area contributed by atoms with Crippen LogP contribution in [0, 0.1) is 12.7 Å². The lowest BCUT2D eigenvalue weighted by Gasteiger charge is -2.03. The van der Waals surface area contributed by atoms with Gasteiger partial charge in [-0.2, -0.15) is 5.10 Å². The molecule has 0 amide bonds. The predicted octanol–water partition coefficient (Wildman–Crippen LogP) is 1.94. The Labute approximate surface area is 115 Å². The number of carboxylic acid groups (broad SMARTS) is 1. The zero-order valence-electron chi connectivity index (χ0n) is 11.0. The number of carbonyl (C=O) groups is 1. The second kappa shape index (κ2) is 5.83. The Hall–Kier alpha value is -2.21. The van der Waals surface area contributed by atoms with Gasteiger partial charge in [0, 0.05) is 18.4 Å². The van der Waals surface area contributed by atoms with Crippen molar-refractivity contribution in [1.82, 2.24) is 9.78 Å². The molecule has 2 rings (SSSR count). The Morgan fingerprint density at radius 1 is 1.45 bits per heavy atom. The molecule has 0 fully saturated rings. The highest BCUT2D eigenvalue weighted by Crippen LogP contribution is 2.18. The first kappa shape index (κ1) is 14.2. The zero-order chi connectivity index (χ0) is 14.7. The van der Waals surface area contributed by atoms with E-state index >= 15 is 0 Å². The molecule has 0 radical (unpaired) electrons. The van der Waals surface area contributed by atoms with E-state index in [-0.39, 0.29) is 18.0 Å². The fourth-order valence-electron chi connectivity index (χ4n) is 1.96. The summed E-state index contributed by atoms with van der Waals surface area (Å²) < 4.78 is 15.1. The van der Waals surface area contributed by atoms with Crippen LogP contribution < -0.4 is 0 Å². The first-order chi connectivity index (χ1) is 9.52. The van der Waals surface area contributed by atoms with Crippen molar-refractivity contribution >= 4 is 5.97 Å². The summed E-state index contributed by atoms with van der Waals surface area (Å²) in [5, 5.41) is 21.8. The van der Waals surface area contributed by atoms with E-state index in [0.717, 1.165) is 5.56 Å². The van der Waals surface area contributed by atoms with Crippen molar-refractivity contribution in [1.29, 1.82) is 0 Å². The van der Waals surface area contributed by atoms with Gasteiger partial charge in [-0.1, -0.05) is 6.07 Å². The number of hydrogen-bond acceptors (Lipinski definition) is 3. The lowest BCUT2D eigenvalue weighted by Crippen LogP contribution is -2.04. The smallest absolute Gasteiger partial charge is 0.356 e. The molecule has 1 aromatic carbocycles. The summed E-state index contributed by atoms with van der Waals surface area (Å²) in [4.78, 5) is 11.1. The minimum absolute atomic E-state index is 0.0386. The highest BCUT2D eigenvalue weighted by Gasteiger charge is 2.17. The first-order valence-electron chi connectivity index (χ1n) is 6.22. The number of halogens is 1. The molecule has 20 heavy (non-hydrogen) atoms. The zero-order valence-corrected chi connectivity index (χ0v) is 11.0. The van der Waals surface area contributed by atoms with Crippen LogP contribution in [0.1, 0.15) is 28.0 Å². The summed E-state index contributed by atoms with van der Waals surface area (Å²) in [7, 11) is 0. The molecular formula is C14H15FN2O3. The third-order valence-corrected chi connectivity index (χ3v) is 2.95. The number of aromatic carboxylic acids is 1. The molecule has 106 valence electrons. The van der Waals surface area contributed by atoms with Gasteiger partial charge in [0.25, 0.3) is 0 Å².